The molecule has 0 heterocycles. The zero-order chi connectivity index (χ0) is 12.0. The third kappa shape index (κ3) is 3.64. The zero-order valence-electron chi connectivity index (χ0n) is 9.47. The predicted octanol–water partition coefficient (Wildman–Crippen LogP) is 2.04. The first-order valence-corrected chi connectivity index (χ1v) is 5.10. The number of ether oxygens (including phenoxy) is 1. The molecule has 0 amide bonds. The van der Waals surface area contributed by atoms with Crippen LogP contribution in [-0.4, -0.2) is 23.4 Å². The lowest BCUT2D eigenvalue weighted by Gasteiger charge is -2.18. The van der Waals surface area contributed by atoms with E-state index in [4.69, 9.17) is 9.99 Å². The van der Waals surface area contributed by atoms with Gasteiger partial charge < -0.3 is 4.74 Å². The van der Waals surface area contributed by atoms with Crippen molar-refractivity contribution in [1.82, 2.24) is 0 Å². The van der Waals surface area contributed by atoms with Crippen molar-refractivity contribution in [3.8, 4) is 0 Å². The Morgan fingerprint density at radius 1 is 1.31 bits per heavy atom. The first-order chi connectivity index (χ1) is 7.56. The van der Waals surface area contributed by atoms with Gasteiger partial charge in [0.25, 0.3) is 0 Å². The monoisotopic (exact) mass is 224 g/mol. The van der Waals surface area contributed by atoms with E-state index in [0.29, 0.717) is 6.42 Å². The molecule has 16 heavy (non-hydrogen) atoms. The van der Waals surface area contributed by atoms with E-state index in [1.54, 1.807) is 0 Å². The standard InChI is InChI=1S/C12H16O4/c1-12(2,16-14)11(13)15-9-8-10-6-4-3-5-7-10/h3-7,14H,8-9H2,1-2H3. The summed E-state index contributed by atoms with van der Waals surface area (Å²) < 4.78 is 4.98. The van der Waals surface area contributed by atoms with Crippen molar-refractivity contribution in [3.05, 3.63) is 35.9 Å². The van der Waals surface area contributed by atoms with E-state index in [2.05, 4.69) is 4.89 Å². The molecule has 88 valence electrons. The normalized spacial score (nSPS) is 11.2. The molecule has 0 radical (unpaired) electrons. The van der Waals surface area contributed by atoms with Crippen molar-refractivity contribution in [3.63, 3.8) is 0 Å². The topological polar surface area (TPSA) is 55.8 Å². The zero-order valence-corrected chi connectivity index (χ0v) is 9.47. The van der Waals surface area contributed by atoms with Crippen LogP contribution in [0.3, 0.4) is 0 Å². The first-order valence-electron chi connectivity index (χ1n) is 5.10. The van der Waals surface area contributed by atoms with Crippen molar-refractivity contribution < 1.29 is 19.7 Å². The quantitative estimate of drug-likeness (QED) is 0.472. The highest BCUT2D eigenvalue weighted by Gasteiger charge is 2.30. The van der Waals surface area contributed by atoms with Crippen LogP contribution in [0.2, 0.25) is 0 Å². The summed E-state index contributed by atoms with van der Waals surface area (Å²) in [4.78, 5) is 15.4. The summed E-state index contributed by atoms with van der Waals surface area (Å²) in [6.45, 7) is 3.16. The molecule has 0 spiro atoms. The molecule has 0 aliphatic heterocycles. The van der Waals surface area contributed by atoms with Crippen LogP contribution >= 0.6 is 0 Å². The number of carbonyl (C=O) groups excluding carboxylic acids is 1. The Kier molecular flexibility index (Phi) is 4.46. The highest BCUT2D eigenvalue weighted by atomic mass is 17.1. The Labute approximate surface area is 94.7 Å². The highest BCUT2D eigenvalue weighted by Crippen LogP contribution is 2.10. The van der Waals surface area contributed by atoms with E-state index in [-0.39, 0.29) is 6.61 Å². The summed E-state index contributed by atoms with van der Waals surface area (Å²) in [5.74, 6) is -0.578. The van der Waals surface area contributed by atoms with Crippen LogP contribution in [0.1, 0.15) is 19.4 Å². The van der Waals surface area contributed by atoms with Gasteiger partial charge in [0, 0.05) is 6.42 Å². The second kappa shape index (κ2) is 5.63. The molecular weight excluding hydrogens is 208 g/mol. The van der Waals surface area contributed by atoms with Crippen LogP contribution in [0.25, 0.3) is 0 Å². The number of rotatable bonds is 5. The average molecular weight is 224 g/mol. The van der Waals surface area contributed by atoms with Gasteiger partial charge >= 0.3 is 5.97 Å². The summed E-state index contributed by atoms with van der Waals surface area (Å²) in [6, 6.07) is 9.71. The van der Waals surface area contributed by atoms with Crippen molar-refractivity contribution in [1.29, 1.82) is 0 Å². The molecule has 4 nitrogen and oxygen atoms in total. The Morgan fingerprint density at radius 3 is 2.50 bits per heavy atom. The maximum Gasteiger partial charge on any atom is 0.341 e. The van der Waals surface area contributed by atoms with Gasteiger partial charge in [-0.25, -0.2) is 9.68 Å². The van der Waals surface area contributed by atoms with Gasteiger partial charge in [-0.1, -0.05) is 30.3 Å². The van der Waals surface area contributed by atoms with E-state index in [1.165, 1.54) is 13.8 Å². The Balaban J connectivity index is 2.34. The highest BCUT2D eigenvalue weighted by molar-refractivity contribution is 5.78. The third-order valence-corrected chi connectivity index (χ3v) is 2.19. The number of hydrogen-bond donors (Lipinski definition) is 1. The van der Waals surface area contributed by atoms with Crippen molar-refractivity contribution in [2.75, 3.05) is 6.61 Å². The summed E-state index contributed by atoms with van der Waals surface area (Å²) in [5, 5.41) is 8.48. The van der Waals surface area contributed by atoms with E-state index in [1.807, 2.05) is 30.3 Å². The van der Waals surface area contributed by atoms with Crippen LogP contribution in [0.15, 0.2) is 30.3 Å². The number of hydrogen-bond acceptors (Lipinski definition) is 4. The van der Waals surface area contributed by atoms with Crippen molar-refractivity contribution in [2.45, 2.75) is 25.9 Å². The maximum absolute atomic E-state index is 11.4. The van der Waals surface area contributed by atoms with E-state index in [0.717, 1.165) is 5.56 Å². The number of carbonyl (C=O) groups is 1. The minimum atomic E-state index is -1.31. The van der Waals surface area contributed by atoms with Crippen molar-refractivity contribution >= 4 is 5.97 Å². The molecule has 0 saturated carbocycles. The fraction of sp³-hybridized carbons (Fsp3) is 0.417. The molecule has 1 N–H and O–H groups in total. The van der Waals surface area contributed by atoms with Gasteiger partial charge in [-0.3, -0.25) is 5.26 Å². The Bertz CT molecular complexity index is 332. The number of esters is 1. The molecule has 1 aromatic carbocycles. The Morgan fingerprint density at radius 2 is 1.94 bits per heavy atom. The molecule has 4 heteroatoms. The van der Waals surface area contributed by atoms with Gasteiger partial charge in [-0.15, -0.1) is 0 Å². The lowest BCUT2D eigenvalue weighted by molar-refractivity contribution is -0.308. The molecule has 0 bridgehead atoms. The lowest BCUT2D eigenvalue weighted by atomic mass is 10.1. The molecule has 0 aliphatic carbocycles. The minimum Gasteiger partial charge on any atom is -0.463 e. The fourth-order valence-electron chi connectivity index (χ4n) is 1.12. The molecule has 0 fully saturated rings. The third-order valence-electron chi connectivity index (χ3n) is 2.19. The van der Waals surface area contributed by atoms with Gasteiger partial charge in [-0.05, 0) is 19.4 Å². The molecule has 1 rings (SSSR count). The average Bonchev–Trinajstić information content (AvgIpc) is 2.30. The van der Waals surface area contributed by atoms with Gasteiger partial charge in [0.1, 0.15) is 0 Å². The van der Waals surface area contributed by atoms with Gasteiger partial charge in [-0.2, -0.15) is 0 Å². The van der Waals surface area contributed by atoms with Crippen LogP contribution < -0.4 is 0 Å². The van der Waals surface area contributed by atoms with E-state index >= 15 is 0 Å². The smallest absolute Gasteiger partial charge is 0.341 e. The van der Waals surface area contributed by atoms with Crippen molar-refractivity contribution in [2.24, 2.45) is 0 Å². The predicted molar refractivity (Wildman–Crippen MR) is 58.9 cm³/mol. The summed E-state index contributed by atoms with van der Waals surface area (Å²) >= 11 is 0. The van der Waals surface area contributed by atoms with E-state index in [9.17, 15) is 4.79 Å². The Hall–Kier alpha value is -1.39. The summed E-state index contributed by atoms with van der Waals surface area (Å²) in [5.41, 5.74) is -0.213. The van der Waals surface area contributed by atoms with Crippen LogP contribution in [0, 0.1) is 0 Å². The SMILES string of the molecule is CC(C)(OO)C(=O)OCCc1ccccc1. The van der Waals surface area contributed by atoms with Crippen LogP contribution in [-0.2, 0) is 20.8 Å². The molecule has 0 aromatic heterocycles. The minimum absolute atomic E-state index is 0.273. The maximum atomic E-state index is 11.4. The summed E-state index contributed by atoms with van der Waals surface area (Å²) in [7, 11) is 0. The molecule has 0 unspecified atom stereocenters. The lowest BCUT2D eigenvalue weighted by Crippen LogP contribution is -2.36. The first kappa shape index (κ1) is 12.7. The number of benzene rings is 1. The largest absolute Gasteiger partial charge is 0.463 e. The van der Waals surface area contributed by atoms with Gasteiger partial charge in [0.05, 0.1) is 6.61 Å². The molecular formula is C12H16O4. The van der Waals surface area contributed by atoms with Gasteiger partial charge in [0.15, 0.2) is 5.60 Å². The fourth-order valence-corrected chi connectivity index (χ4v) is 1.12. The molecule has 0 saturated heterocycles. The second-order valence-corrected chi connectivity index (χ2v) is 3.97. The molecule has 1 aromatic rings. The van der Waals surface area contributed by atoms with Gasteiger partial charge in [0.2, 0.25) is 0 Å². The van der Waals surface area contributed by atoms with Crippen LogP contribution in [0.4, 0.5) is 0 Å². The van der Waals surface area contributed by atoms with E-state index < -0.39 is 11.6 Å². The molecule has 0 aliphatic rings. The van der Waals surface area contributed by atoms with Crippen LogP contribution in [0.5, 0.6) is 0 Å². The summed E-state index contributed by atoms with van der Waals surface area (Å²) in [6.07, 6.45) is 0.647. The second-order valence-electron chi connectivity index (χ2n) is 3.97. The molecule has 0 atom stereocenters.